The van der Waals surface area contributed by atoms with Gasteiger partial charge in [-0.1, -0.05) is 55.8 Å². The molecule has 0 aliphatic carbocycles. The molecule has 0 aliphatic rings. The molecule has 2 rings (SSSR count). The van der Waals surface area contributed by atoms with Crippen molar-refractivity contribution < 1.29 is 9.59 Å². The molecule has 0 aromatic heterocycles. The molecule has 0 heterocycles. The fourth-order valence-electron chi connectivity index (χ4n) is 3.34. The molecule has 4 nitrogen and oxygen atoms in total. The summed E-state index contributed by atoms with van der Waals surface area (Å²) < 4.78 is 0. The highest BCUT2D eigenvalue weighted by Crippen LogP contribution is 2.18. The first-order chi connectivity index (χ1) is 14.2. The van der Waals surface area contributed by atoms with Gasteiger partial charge in [0.25, 0.3) is 0 Å². The average molecular weight is 429 g/mol. The molecular weight excluding hydrogens is 396 g/mol. The maximum atomic E-state index is 13.4. The van der Waals surface area contributed by atoms with Crippen LogP contribution in [0.3, 0.4) is 0 Å². The number of hydrogen-bond donors (Lipinski definition) is 1. The molecule has 162 valence electrons. The second kappa shape index (κ2) is 11.2. The van der Waals surface area contributed by atoms with E-state index in [0.29, 0.717) is 18.0 Å². The summed E-state index contributed by atoms with van der Waals surface area (Å²) in [6, 6.07) is 13.0. The molecule has 0 fully saturated rings. The lowest BCUT2D eigenvalue weighted by atomic mass is 10.0. The highest BCUT2D eigenvalue weighted by Gasteiger charge is 2.29. The van der Waals surface area contributed by atoms with E-state index in [2.05, 4.69) is 12.2 Å². The number of nitrogens with zero attached hydrogens (tertiary/aromatic N) is 1. The van der Waals surface area contributed by atoms with Crippen molar-refractivity contribution in [1.29, 1.82) is 0 Å². The Balaban J connectivity index is 2.30. The summed E-state index contributed by atoms with van der Waals surface area (Å²) in [5.74, 6) is -0.159. The zero-order chi connectivity index (χ0) is 22.3. The Hall–Kier alpha value is -2.33. The number of benzene rings is 2. The Morgan fingerprint density at radius 1 is 0.967 bits per heavy atom. The molecule has 2 amide bonds. The van der Waals surface area contributed by atoms with Crippen LogP contribution in [0.4, 0.5) is 0 Å². The first kappa shape index (κ1) is 23.9. The number of hydrogen-bond acceptors (Lipinski definition) is 2. The van der Waals surface area contributed by atoms with E-state index in [1.165, 1.54) is 5.56 Å². The Bertz CT molecular complexity index is 864. The van der Waals surface area contributed by atoms with E-state index in [-0.39, 0.29) is 24.3 Å². The van der Waals surface area contributed by atoms with E-state index in [1.54, 1.807) is 4.90 Å². The standard InChI is InChI=1S/C25H33ClN2O2/c1-6-19(5)27-25(30)23(7-2)28(16-20-10-12-22(26)13-11-20)24(29)15-21-9-8-17(3)18(4)14-21/h8-14,19,23H,6-7,15-16H2,1-5H3,(H,27,30)/t19-,23+/m0/s1. The topological polar surface area (TPSA) is 49.4 Å². The van der Waals surface area contributed by atoms with Crippen molar-refractivity contribution in [2.75, 3.05) is 0 Å². The summed E-state index contributed by atoms with van der Waals surface area (Å²) >= 11 is 6.01. The maximum absolute atomic E-state index is 13.4. The van der Waals surface area contributed by atoms with Gasteiger partial charge < -0.3 is 10.2 Å². The van der Waals surface area contributed by atoms with Gasteiger partial charge in [-0.05, 0) is 68.0 Å². The van der Waals surface area contributed by atoms with Crippen molar-refractivity contribution in [1.82, 2.24) is 10.2 Å². The number of nitrogens with one attached hydrogen (secondary N) is 1. The second-order valence-electron chi connectivity index (χ2n) is 7.99. The van der Waals surface area contributed by atoms with Crippen LogP contribution in [0, 0.1) is 13.8 Å². The van der Waals surface area contributed by atoms with Crippen LogP contribution in [0.25, 0.3) is 0 Å². The van der Waals surface area contributed by atoms with Crippen LogP contribution in [0.5, 0.6) is 0 Å². The van der Waals surface area contributed by atoms with E-state index in [1.807, 2.05) is 70.2 Å². The SMILES string of the molecule is CC[C@H](C(=O)N[C@@H](C)CC)N(Cc1ccc(Cl)cc1)C(=O)Cc1ccc(C)c(C)c1. The number of halogens is 1. The third-order valence-corrected chi connectivity index (χ3v) is 5.83. The average Bonchev–Trinajstić information content (AvgIpc) is 2.71. The van der Waals surface area contributed by atoms with Crippen molar-refractivity contribution in [3.63, 3.8) is 0 Å². The van der Waals surface area contributed by atoms with Crippen LogP contribution >= 0.6 is 11.6 Å². The van der Waals surface area contributed by atoms with Crippen LogP contribution in [0.2, 0.25) is 5.02 Å². The van der Waals surface area contributed by atoms with Crippen LogP contribution in [0.1, 0.15) is 55.9 Å². The summed E-state index contributed by atoms with van der Waals surface area (Å²) in [4.78, 5) is 28.0. The predicted octanol–water partition coefficient (Wildman–Crippen LogP) is 5.22. The maximum Gasteiger partial charge on any atom is 0.243 e. The normalized spacial score (nSPS) is 12.9. The monoisotopic (exact) mass is 428 g/mol. The summed E-state index contributed by atoms with van der Waals surface area (Å²) in [6.07, 6.45) is 1.66. The van der Waals surface area contributed by atoms with E-state index in [9.17, 15) is 9.59 Å². The summed E-state index contributed by atoms with van der Waals surface area (Å²) in [7, 11) is 0. The van der Waals surface area contributed by atoms with E-state index in [0.717, 1.165) is 23.1 Å². The Morgan fingerprint density at radius 2 is 1.60 bits per heavy atom. The van der Waals surface area contributed by atoms with Crippen molar-refractivity contribution in [3.8, 4) is 0 Å². The molecule has 1 N–H and O–H groups in total. The van der Waals surface area contributed by atoms with Gasteiger partial charge in [0.2, 0.25) is 11.8 Å². The van der Waals surface area contributed by atoms with Crippen LogP contribution in [0.15, 0.2) is 42.5 Å². The van der Waals surface area contributed by atoms with E-state index in [4.69, 9.17) is 11.6 Å². The van der Waals surface area contributed by atoms with E-state index >= 15 is 0 Å². The molecule has 0 radical (unpaired) electrons. The largest absolute Gasteiger partial charge is 0.352 e. The van der Waals surface area contributed by atoms with Crippen LogP contribution in [-0.4, -0.2) is 28.8 Å². The molecule has 2 atom stereocenters. The van der Waals surface area contributed by atoms with Crippen molar-refractivity contribution in [3.05, 3.63) is 69.7 Å². The minimum atomic E-state index is -0.520. The molecular formula is C25H33ClN2O2. The summed E-state index contributed by atoms with van der Waals surface area (Å²) in [5, 5.41) is 3.68. The number of rotatable bonds is 9. The Morgan fingerprint density at radius 3 is 2.17 bits per heavy atom. The second-order valence-corrected chi connectivity index (χ2v) is 8.42. The molecule has 0 bridgehead atoms. The minimum Gasteiger partial charge on any atom is -0.352 e. The lowest BCUT2D eigenvalue weighted by Gasteiger charge is -2.31. The lowest BCUT2D eigenvalue weighted by molar-refractivity contribution is -0.141. The molecule has 5 heteroatoms. The van der Waals surface area contributed by atoms with Gasteiger partial charge in [0.15, 0.2) is 0 Å². The molecule has 2 aromatic carbocycles. The van der Waals surface area contributed by atoms with Gasteiger partial charge in [0, 0.05) is 17.6 Å². The van der Waals surface area contributed by atoms with Crippen molar-refractivity contribution in [2.24, 2.45) is 0 Å². The van der Waals surface area contributed by atoms with Gasteiger partial charge in [-0.2, -0.15) is 0 Å². The van der Waals surface area contributed by atoms with Gasteiger partial charge in [-0.3, -0.25) is 9.59 Å². The minimum absolute atomic E-state index is 0.0562. The van der Waals surface area contributed by atoms with Crippen LogP contribution in [-0.2, 0) is 22.6 Å². The number of amides is 2. The first-order valence-corrected chi connectivity index (χ1v) is 11.0. The zero-order valence-electron chi connectivity index (χ0n) is 18.7. The predicted molar refractivity (Wildman–Crippen MR) is 124 cm³/mol. The quantitative estimate of drug-likeness (QED) is 0.595. The number of carbonyl (C=O) groups excluding carboxylic acids is 2. The summed E-state index contributed by atoms with van der Waals surface area (Å²) in [5.41, 5.74) is 4.26. The fraction of sp³-hybridized carbons (Fsp3) is 0.440. The molecule has 0 spiro atoms. The van der Waals surface area contributed by atoms with Gasteiger partial charge in [-0.15, -0.1) is 0 Å². The fourth-order valence-corrected chi connectivity index (χ4v) is 3.46. The van der Waals surface area contributed by atoms with Crippen molar-refractivity contribution >= 4 is 23.4 Å². The zero-order valence-corrected chi connectivity index (χ0v) is 19.4. The highest BCUT2D eigenvalue weighted by molar-refractivity contribution is 6.30. The molecule has 30 heavy (non-hydrogen) atoms. The molecule has 0 saturated heterocycles. The molecule has 0 unspecified atom stereocenters. The third-order valence-electron chi connectivity index (χ3n) is 5.58. The van der Waals surface area contributed by atoms with Gasteiger partial charge in [0.05, 0.1) is 6.42 Å². The van der Waals surface area contributed by atoms with Gasteiger partial charge in [-0.25, -0.2) is 0 Å². The smallest absolute Gasteiger partial charge is 0.243 e. The lowest BCUT2D eigenvalue weighted by Crippen LogP contribution is -2.51. The van der Waals surface area contributed by atoms with Crippen LogP contribution < -0.4 is 5.32 Å². The van der Waals surface area contributed by atoms with Gasteiger partial charge >= 0.3 is 0 Å². The molecule has 0 aliphatic heterocycles. The molecule has 0 saturated carbocycles. The number of aryl methyl sites for hydroxylation is 2. The van der Waals surface area contributed by atoms with Gasteiger partial charge in [0.1, 0.15) is 6.04 Å². The van der Waals surface area contributed by atoms with E-state index < -0.39 is 6.04 Å². The molecule has 2 aromatic rings. The summed E-state index contributed by atoms with van der Waals surface area (Å²) in [6.45, 7) is 10.4. The Labute approximate surface area is 185 Å². The Kier molecular flexibility index (Phi) is 8.91. The van der Waals surface area contributed by atoms with Crippen molar-refractivity contribution in [2.45, 2.75) is 72.5 Å². The third kappa shape index (κ3) is 6.60. The highest BCUT2D eigenvalue weighted by atomic mass is 35.5. The first-order valence-electron chi connectivity index (χ1n) is 10.7. The number of carbonyl (C=O) groups is 2.